The standard InChI is InChI=1S/C39H42N8O5S/c1-25-31-22-41-39(44-37(31)47(28-9-3-4-10-28)38(51)35(25)26(2)48)43-33-14-13-29(21-40-33)45-15-17-46(18-16-45)34(49)12-5-6-19-52-30-11-7-8-27(20-30)36(50)32-23-53-24-42-32/h7-8,11,13-14,20-24,28H,3-6,9-10,12,15-19H2,1-2H3,(H,40,41,43,44). The van der Waals surface area contributed by atoms with Gasteiger partial charge in [-0.2, -0.15) is 4.98 Å². The average molecular weight is 735 g/mol. The molecular formula is C39H42N8O5S. The predicted octanol–water partition coefficient (Wildman–Crippen LogP) is 6.14. The summed E-state index contributed by atoms with van der Waals surface area (Å²) >= 11 is 1.38. The molecule has 53 heavy (non-hydrogen) atoms. The highest BCUT2D eigenvalue weighted by molar-refractivity contribution is 7.07. The monoisotopic (exact) mass is 734 g/mol. The van der Waals surface area contributed by atoms with Gasteiger partial charge in [0.1, 0.15) is 22.9 Å². The lowest BCUT2D eigenvalue weighted by Gasteiger charge is -2.36. The molecule has 5 aromatic rings. The second kappa shape index (κ2) is 16.0. The molecule has 274 valence electrons. The third kappa shape index (κ3) is 7.97. The number of rotatable bonds is 13. The maximum Gasteiger partial charge on any atom is 0.263 e. The first kappa shape index (κ1) is 35.9. The van der Waals surface area contributed by atoms with Crippen molar-refractivity contribution in [3.05, 3.63) is 92.4 Å². The number of nitrogens with one attached hydrogen (secondary N) is 1. The van der Waals surface area contributed by atoms with Crippen molar-refractivity contribution < 1.29 is 19.1 Å². The van der Waals surface area contributed by atoms with E-state index in [1.165, 1.54) is 18.3 Å². The van der Waals surface area contributed by atoms with E-state index in [1.54, 1.807) is 53.0 Å². The number of fused-ring (bicyclic) bond motifs is 1. The van der Waals surface area contributed by atoms with Crippen molar-refractivity contribution in [2.45, 2.75) is 64.8 Å². The van der Waals surface area contributed by atoms with Crippen LogP contribution in [0.15, 0.2) is 64.5 Å². The molecule has 0 atom stereocenters. The Morgan fingerprint density at radius 3 is 2.51 bits per heavy atom. The number of carbonyl (C=O) groups is 3. The van der Waals surface area contributed by atoms with Gasteiger partial charge in [-0.05, 0) is 69.4 Å². The molecule has 1 saturated carbocycles. The Bertz CT molecular complexity index is 2170. The Labute approximate surface area is 311 Å². The maximum absolute atomic E-state index is 13.5. The number of ether oxygens (including phenoxy) is 1. The van der Waals surface area contributed by atoms with Crippen molar-refractivity contribution in [1.29, 1.82) is 0 Å². The molecule has 1 aliphatic carbocycles. The van der Waals surface area contributed by atoms with Crippen LogP contribution in [0, 0.1) is 6.92 Å². The Morgan fingerprint density at radius 2 is 1.79 bits per heavy atom. The van der Waals surface area contributed by atoms with Crippen molar-refractivity contribution in [1.82, 2.24) is 29.4 Å². The maximum atomic E-state index is 13.5. The number of benzene rings is 1. The molecule has 2 aliphatic rings. The Morgan fingerprint density at radius 1 is 0.981 bits per heavy atom. The third-order valence-electron chi connectivity index (χ3n) is 10.1. The van der Waals surface area contributed by atoms with Crippen LogP contribution in [0.4, 0.5) is 17.5 Å². The summed E-state index contributed by atoms with van der Waals surface area (Å²) in [6, 6.07) is 11.0. The molecular weight excluding hydrogens is 693 g/mol. The molecule has 5 heterocycles. The normalized spacial score (nSPS) is 14.8. The highest BCUT2D eigenvalue weighted by Crippen LogP contribution is 2.32. The van der Waals surface area contributed by atoms with Crippen LogP contribution in [-0.4, -0.2) is 79.7 Å². The number of amides is 1. The van der Waals surface area contributed by atoms with Gasteiger partial charge in [0.15, 0.2) is 5.78 Å². The van der Waals surface area contributed by atoms with Crippen molar-refractivity contribution in [2.75, 3.05) is 43.0 Å². The Hall–Kier alpha value is -5.50. The number of nitrogens with zero attached hydrogens (tertiary/aromatic N) is 7. The fourth-order valence-corrected chi connectivity index (χ4v) is 7.74. The van der Waals surface area contributed by atoms with Gasteiger partial charge < -0.3 is 19.9 Å². The van der Waals surface area contributed by atoms with Crippen molar-refractivity contribution >= 4 is 57.3 Å². The van der Waals surface area contributed by atoms with E-state index in [2.05, 4.69) is 25.2 Å². The van der Waals surface area contributed by atoms with Crippen molar-refractivity contribution in [3.8, 4) is 5.75 Å². The molecule has 1 aromatic carbocycles. The second-order valence-corrected chi connectivity index (χ2v) is 14.2. The lowest BCUT2D eigenvalue weighted by atomic mass is 10.0. The van der Waals surface area contributed by atoms with E-state index in [1.807, 2.05) is 23.1 Å². The molecule has 0 bridgehead atoms. The first-order valence-corrected chi connectivity index (χ1v) is 19.1. The summed E-state index contributed by atoms with van der Waals surface area (Å²) in [6.45, 7) is 6.34. The van der Waals surface area contributed by atoms with Crippen LogP contribution in [-0.2, 0) is 4.79 Å². The molecule has 7 rings (SSSR count). The number of carbonyl (C=O) groups excluding carboxylic acids is 3. The number of unbranched alkanes of at least 4 members (excludes halogenated alkanes) is 1. The highest BCUT2D eigenvalue weighted by atomic mass is 32.1. The molecule has 1 saturated heterocycles. The fraction of sp³-hybridized carbons (Fsp3) is 0.385. The minimum atomic E-state index is -0.283. The smallest absolute Gasteiger partial charge is 0.263 e. The van der Waals surface area contributed by atoms with Gasteiger partial charge in [0.25, 0.3) is 5.56 Å². The zero-order chi connectivity index (χ0) is 36.9. The zero-order valence-electron chi connectivity index (χ0n) is 29.9. The van der Waals surface area contributed by atoms with Gasteiger partial charge in [0, 0.05) is 61.2 Å². The minimum Gasteiger partial charge on any atom is -0.494 e. The number of aromatic nitrogens is 5. The molecule has 0 unspecified atom stereocenters. The summed E-state index contributed by atoms with van der Waals surface area (Å²) in [5.74, 6) is 1.27. The molecule has 0 radical (unpaired) electrons. The molecule has 1 N–H and O–H groups in total. The molecule has 4 aromatic heterocycles. The number of anilines is 3. The van der Waals surface area contributed by atoms with Crippen molar-refractivity contribution in [2.24, 2.45) is 0 Å². The topological polar surface area (TPSA) is 153 Å². The SMILES string of the molecule is CC(=O)c1c(C)c2cnc(Nc3ccc(N4CCN(C(=O)CCCCOc5cccc(C(=O)c6cscn6)c5)CC4)cn3)nc2n(C2CCCC2)c1=O. The van der Waals surface area contributed by atoms with E-state index in [4.69, 9.17) is 9.72 Å². The summed E-state index contributed by atoms with van der Waals surface area (Å²) in [4.78, 5) is 73.5. The van der Waals surface area contributed by atoms with Crippen LogP contribution < -0.4 is 20.5 Å². The zero-order valence-corrected chi connectivity index (χ0v) is 30.7. The number of hydrogen-bond acceptors (Lipinski definition) is 12. The highest BCUT2D eigenvalue weighted by Gasteiger charge is 2.26. The summed E-state index contributed by atoms with van der Waals surface area (Å²) in [5, 5.41) is 5.61. The quantitative estimate of drug-likeness (QED) is 0.110. The Balaban J connectivity index is 0.889. The predicted molar refractivity (Wildman–Crippen MR) is 204 cm³/mol. The number of aryl methyl sites for hydroxylation is 1. The third-order valence-corrected chi connectivity index (χ3v) is 10.6. The molecule has 0 spiro atoms. The van der Waals surface area contributed by atoms with Crippen LogP contribution in [0.3, 0.4) is 0 Å². The largest absolute Gasteiger partial charge is 0.494 e. The number of Topliss-reactive ketones (excluding diaryl/α,β-unsaturated/α-hetero) is 1. The Kier molecular flexibility index (Phi) is 10.9. The summed E-state index contributed by atoms with van der Waals surface area (Å²) in [6.07, 6.45) is 9.20. The summed E-state index contributed by atoms with van der Waals surface area (Å²) in [7, 11) is 0. The molecule has 13 nitrogen and oxygen atoms in total. The average Bonchev–Trinajstić information content (AvgIpc) is 3.91. The van der Waals surface area contributed by atoms with Crippen LogP contribution in [0.5, 0.6) is 5.75 Å². The minimum absolute atomic E-state index is 0.00313. The van der Waals surface area contributed by atoms with Gasteiger partial charge in [-0.15, -0.1) is 11.3 Å². The molecule has 2 fully saturated rings. The number of piperazine rings is 1. The summed E-state index contributed by atoms with van der Waals surface area (Å²) in [5.41, 5.74) is 4.62. The molecule has 14 heteroatoms. The second-order valence-electron chi connectivity index (χ2n) is 13.5. The van der Waals surface area contributed by atoms with Gasteiger partial charge >= 0.3 is 0 Å². The van der Waals surface area contributed by atoms with Crippen LogP contribution in [0.25, 0.3) is 11.0 Å². The first-order chi connectivity index (χ1) is 25.8. The fourth-order valence-electron chi connectivity index (χ4n) is 7.21. The van der Waals surface area contributed by atoms with E-state index in [9.17, 15) is 19.2 Å². The number of ketones is 2. The van der Waals surface area contributed by atoms with E-state index >= 15 is 0 Å². The summed E-state index contributed by atoms with van der Waals surface area (Å²) < 4.78 is 7.57. The van der Waals surface area contributed by atoms with Crippen LogP contribution in [0.1, 0.15) is 89.9 Å². The van der Waals surface area contributed by atoms with Gasteiger partial charge in [-0.1, -0.05) is 25.0 Å². The van der Waals surface area contributed by atoms with Gasteiger partial charge in [-0.25, -0.2) is 15.0 Å². The van der Waals surface area contributed by atoms with E-state index in [0.717, 1.165) is 37.8 Å². The van der Waals surface area contributed by atoms with Gasteiger partial charge in [-0.3, -0.25) is 23.7 Å². The molecule has 1 aliphatic heterocycles. The molecule has 1 amide bonds. The van der Waals surface area contributed by atoms with Crippen LogP contribution >= 0.6 is 11.3 Å². The number of thiazole rings is 1. The van der Waals surface area contributed by atoms with Crippen LogP contribution in [0.2, 0.25) is 0 Å². The van der Waals surface area contributed by atoms with E-state index in [0.29, 0.717) is 91.0 Å². The lowest BCUT2D eigenvalue weighted by Crippen LogP contribution is -2.48. The van der Waals surface area contributed by atoms with E-state index < -0.39 is 0 Å². The van der Waals surface area contributed by atoms with Gasteiger partial charge in [0.05, 0.1) is 29.6 Å². The first-order valence-electron chi connectivity index (χ1n) is 18.1. The number of pyridine rings is 2. The van der Waals surface area contributed by atoms with Crippen molar-refractivity contribution in [3.63, 3.8) is 0 Å². The van der Waals surface area contributed by atoms with E-state index in [-0.39, 0.29) is 34.6 Å². The lowest BCUT2D eigenvalue weighted by molar-refractivity contribution is -0.131. The number of hydrogen-bond donors (Lipinski definition) is 1. The van der Waals surface area contributed by atoms with Gasteiger partial charge in [0.2, 0.25) is 17.6 Å².